The van der Waals surface area contributed by atoms with Gasteiger partial charge in [-0.25, -0.2) is 9.78 Å². The highest BCUT2D eigenvalue weighted by Gasteiger charge is 2.48. The van der Waals surface area contributed by atoms with Crippen LogP contribution in [0.3, 0.4) is 0 Å². The van der Waals surface area contributed by atoms with Crippen molar-refractivity contribution in [3.8, 4) is 0 Å². The molecule has 4 heterocycles. The molecule has 0 unspecified atom stereocenters. The first kappa shape index (κ1) is 35.5. The van der Waals surface area contributed by atoms with Crippen LogP contribution in [0.1, 0.15) is 36.6 Å². The minimum Gasteiger partial charge on any atom is -0.475 e. The summed E-state index contributed by atoms with van der Waals surface area (Å²) in [6.07, 6.45) is -7.85. The largest absolute Gasteiger partial charge is 0.490 e. The van der Waals surface area contributed by atoms with Gasteiger partial charge in [0.25, 0.3) is 5.91 Å². The summed E-state index contributed by atoms with van der Waals surface area (Å²) in [5, 5.41) is 34.8. The number of hydrogen-bond acceptors (Lipinski definition) is 11. The number of imidazole rings is 1. The van der Waals surface area contributed by atoms with E-state index in [9.17, 15) is 28.2 Å². The first-order valence-electron chi connectivity index (χ1n) is 15.6. The number of carbonyl (C=O) groups is 2. The van der Waals surface area contributed by atoms with Gasteiger partial charge in [-0.2, -0.15) is 23.1 Å². The number of aliphatic carboxylic acids is 1. The van der Waals surface area contributed by atoms with Gasteiger partial charge in [0.2, 0.25) is 5.95 Å². The molecule has 0 aliphatic carbocycles. The lowest BCUT2D eigenvalue weighted by molar-refractivity contribution is -0.192. The number of anilines is 2. The summed E-state index contributed by atoms with van der Waals surface area (Å²) < 4.78 is 39.2. The molecule has 7 N–H and O–H groups in total. The Hall–Kier alpha value is -4.84. The zero-order valence-corrected chi connectivity index (χ0v) is 26.4. The van der Waals surface area contributed by atoms with Crippen molar-refractivity contribution in [2.75, 3.05) is 36.4 Å². The van der Waals surface area contributed by atoms with E-state index in [1.807, 2.05) is 41.3 Å². The fourth-order valence-corrected chi connectivity index (χ4v) is 5.70. The van der Waals surface area contributed by atoms with E-state index in [0.717, 1.165) is 17.5 Å². The Bertz CT molecular complexity index is 1690. The van der Waals surface area contributed by atoms with Crippen molar-refractivity contribution >= 4 is 34.8 Å². The maximum atomic E-state index is 12.5. The molecule has 17 heteroatoms. The number of benzene rings is 2. The van der Waals surface area contributed by atoms with E-state index in [1.54, 1.807) is 11.5 Å². The van der Waals surface area contributed by atoms with Crippen LogP contribution in [-0.2, 0) is 14.3 Å². The standard InChI is InChI=1S/C30H36N8O4.C2HF3O2/c1-2-32-28(41)25-23(39)24(40)29(42-25)38-17-34-22-26(35-30(36-27(22)38)37-14-13-20(31)16-37)33-15-21(18-9-5-3-6-10-18)19-11-7-4-8-12-19;3-2(4,5)1(6)7/h3-12,17,20-21,23-25,29,39-40H,2,13-16,31H2,1H3,(H,32,41)(H,33,35,36);(H,6,7)/t20-,23+,24-,25+,29-;/m1./s1. The maximum absolute atomic E-state index is 12.5. The Kier molecular flexibility index (Phi) is 11.0. The van der Waals surface area contributed by atoms with Crippen LogP contribution in [0, 0.1) is 0 Å². The maximum Gasteiger partial charge on any atom is 0.490 e. The second-order valence-electron chi connectivity index (χ2n) is 11.6. The van der Waals surface area contributed by atoms with E-state index >= 15 is 0 Å². The number of aromatic nitrogens is 4. The highest BCUT2D eigenvalue weighted by Crippen LogP contribution is 2.34. The summed E-state index contributed by atoms with van der Waals surface area (Å²) in [7, 11) is 0. The van der Waals surface area contributed by atoms with Crippen molar-refractivity contribution in [3.63, 3.8) is 0 Å². The highest BCUT2D eigenvalue weighted by atomic mass is 19.4. The number of nitrogens with zero attached hydrogens (tertiary/aromatic N) is 5. The normalized spacial score (nSPS) is 22.2. The van der Waals surface area contributed by atoms with Crippen LogP contribution < -0.4 is 21.3 Å². The zero-order valence-electron chi connectivity index (χ0n) is 26.4. The molecular weight excluding hydrogens is 649 g/mol. The molecule has 14 nitrogen and oxygen atoms in total. The number of carboxylic acid groups (broad SMARTS) is 1. The first-order chi connectivity index (χ1) is 23.4. The number of alkyl halides is 3. The Balaban J connectivity index is 0.000000606. The van der Waals surface area contributed by atoms with Crippen molar-refractivity contribution in [2.45, 2.75) is 56.0 Å². The van der Waals surface area contributed by atoms with Crippen LogP contribution in [0.5, 0.6) is 0 Å². The lowest BCUT2D eigenvalue weighted by Gasteiger charge is -2.21. The quantitative estimate of drug-likeness (QED) is 0.150. The van der Waals surface area contributed by atoms with Gasteiger partial charge in [0.15, 0.2) is 29.3 Å². The zero-order chi connectivity index (χ0) is 35.3. The third kappa shape index (κ3) is 8.07. The molecule has 2 saturated heterocycles. The van der Waals surface area contributed by atoms with Gasteiger partial charge < -0.3 is 41.3 Å². The van der Waals surface area contributed by atoms with Gasteiger partial charge in [-0.05, 0) is 24.5 Å². The van der Waals surface area contributed by atoms with E-state index in [4.69, 9.17) is 30.3 Å². The lowest BCUT2D eigenvalue weighted by atomic mass is 9.91. The molecule has 0 bridgehead atoms. The number of carbonyl (C=O) groups excluding carboxylic acids is 1. The number of rotatable bonds is 9. The fraction of sp³-hybridized carbons (Fsp3) is 0.406. The van der Waals surface area contributed by atoms with Crippen molar-refractivity contribution < 1.29 is 42.8 Å². The van der Waals surface area contributed by atoms with Crippen LogP contribution in [0.2, 0.25) is 0 Å². The highest BCUT2D eigenvalue weighted by molar-refractivity contribution is 5.85. The molecule has 5 atom stereocenters. The van der Waals surface area contributed by atoms with Gasteiger partial charge in [0.1, 0.15) is 12.2 Å². The van der Waals surface area contributed by atoms with Gasteiger partial charge in [-0.15, -0.1) is 0 Å². The van der Waals surface area contributed by atoms with Crippen LogP contribution in [0.4, 0.5) is 24.9 Å². The molecule has 49 heavy (non-hydrogen) atoms. The fourth-order valence-electron chi connectivity index (χ4n) is 5.70. The van der Waals surface area contributed by atoms with Crippen molar-refractivity contribution in [1.82, 2.24) is 24.8 Å². The number of amides is 1. The predicted molar refractivity (Wildman–Crippen MR) is 172 cm³/mol. The Morgan fingerprint density at radius 1 is 1.04 bits per heavy atom. The minimum atomic E-state index is -5.08. The third-order valence-corrected chi connectivity index (χ3v) is 8.16. The van der Waals surface area contributed by atoms with Gasteiger partial charge in [0, 0.05) is 38.1 Å². The Morgan fingerprint density at radius 3 is 2.18 bits per heavy atom. The molecule has 2 aliphatic heterocycles. The van der Waals surface area contributed by atoms with E-state index < -0.39 is 42.6 Å². The number of hydrogen-bond donors (Lipinski definition) is 6. The predicted octanol–water partition coefficient (Wildman–Crippen LogP) is 2.00. The van der Waals surface area contributed by atoms with E-state index in [2.05, 4.69) is 39.9 Å². The molecule has 6 rings (SSSR count). The van der Waals surface area contributed by atoms with E-state index in [1.165, 1.54) is 6.33 Å². The summed E-state index contributed by atoms with van der Waals surface area (Å²) >= 11 is 0. The van der Waals surface area contributed by atoms with Crippen molar-refractivity contribution in [1.29, 1.82) is 0 Å². The number of aliphatic hydroxyl groups excluding tert-OH is 2. The molecule has 2 fully saturated rings. The van der Waals surface area contributed by atoms with E-state index in [0.29, 0.717) is 49.1 Å². The van der Waals surface area contributed by atoms with Crippen molar-refractivity contribution in [2.24, 2.45) is 5.73 Å². The summed E-state index contributed by atoms with van der Waals surface area (Å²) in [4.78, 5) is 37.7. The first-order valence-corrected chi connectivity index (χ1v) is 15.6. The number of nitrogens with two attached hydrogens (primary N) is 1. The van der Waals surface area contributed by atoms with E-state index in [-0.39, 0.29) is 12.0 Å². The number of aliphatic hydroxyl groups is 2. The molecule has 1 amide bonds. The SMILES string of the molecule is CCNC(=O)[C@H]1O[C@@H](n2cnc3c(NCC(c4ccccc4)c4ccccc4)nc(N4CC[C@@H](N)C4)nc32)[C@H](O)[C@@H]1O.O=C(O)C(F)(F)F. The van der Waals surface area contributed by atoms with Crippen LogP contribution >= 0.6 is 0 Å². The Labute approximate surface area is 278 Å². The summed E-state index contributed by atoms with van der Waals surface area (Å²) in [5.41, 5.74) is 9.41. The topological polar surface area (TPSA) is 201 Å². The summed E-state index contributed by atoms with van der Waals surface area (Å²) in [5.74, 6) is -2.21. The number of likely N-dealkylation sites (N-methyl/N-ethyl adjacent to an activating group) is 1. The Morgan fingerprint density at radius 2 is 1.65 bits per heavy atom. The minimum absolute atomic E-state index is 0.0131. The molecular formula is C32H37F3N8O6. The average Bonchev–Trinajstić information content (AvgIpc) is 3.79. The smallest absolute Gasteiger partial charge is 0.475 e. The lowest BCUT2D eigenvalue weighted by Crippen LogP contribution is -2.42. The number of fused-ring (bicyclic) bond motifs is 1. The molecule has 0 saturated carbocycles. The molecule has 2 aliphatic rings. The van der Waals surface area contributed by atoms with Gasteiger partial charge >= 0.3 is 12.1 Å². The molecule has 4 aromatic rings. The molecule has 0 spiro atoms. The van der Waals surface area contributed by atoms with Gasteiger partial charge in [-0.1, -0.05) is 60.7 Å². The third-order valence-electron chi connectivity index (χ3n) is 8.16. The molecule has 2 aromatic heterocycles. The number of carboxylic acids is 1. The number of nitrogens with one attached hydrogen (secondary N) is 2. The van der Waals surface area contributed by atoms with Crippen LogP contribution in [0.25, 0.3) is 11.2 Å². The second kappa shape index (κ2) is 15.1. The number of ether oxygens (including phenoxy) is 1. The van der Waals surface area contributed by atoms with Gasteiger partial charge in [-0.3, -0.25) is 9.36 Å². The summed E-state index contributed by atoms with van der Waals surface area (Å²) in [6.45, 7) is 3.99. The van der Waals surface area contributed by atoms with Gasteiger partial charge in [0.05, 0.1) is 6.33 Å². The van der Waals surface area contributed by atoms with Crippen LogP contribution in [-0.4, -0.2) is 103 Å². The monoisotopic (exact) mass is 686 g/mol. The molecule has 262 valence electrons. The number of halogens is 3. The molecule has 0 radical (unpaired) electrons. The van der Waals surface area contributed by atoms with Crippen molar-refractivity contribution in [3.05, 3.63) is 78.1 Å². The van der Waals surface area contributed by atoms with Crippen LogP contribution in [0.15, 0.2) is 67.0 Å². The summed E-state index contributed by atoms with van der Waals surface area (Å²) in [6, 6.07) is 20.6. The second-order valence-corrected chi connectivity index (χ2v) is 11.6. The average molecular weight is 687 g/mol. The molecule has 2 aromatic carbocycles.